The number of carbonyl (C=O) groups excluding carboxylic acids is 2. The Kier molecular flexibility index (Phi) is 10.1. The van der Waals surface area contributed by atoms with Gasteiger partial charge in [0, 0.05) is 30.0 Å². The van der Waals surface area contributed by atoms with E-state index < -0.39 is 16.1 Å². The average molecular weight is 553 g/mol. The smallest absolute Gasteiger partial charge is 0.242 e. The molecule has 0 aliphatic carbocycles. The second-order valence-electron chi connectivity index (χ2n) is 8.77. The summed E-state index contributed by atoms with van der Waals surface area (Å²) in [7, 11) is -3.51. The molecule has 9 heteroatoms. The number of carbonyl (C=O) groups is 2. The summed E-state index contributed by atoms with van der Waals surface area (Å²) in [5, 5.41) is 2.87. The van der Waals surface area contributed by atoms with Crippen LogP contribution in [0, 0.1) is 6.92 Å². The second kappa shape index (κ2) is 12.4. The highest BCUT2D eigenvalue weighted by Crippen LogP contribution is 2.21. The number of halogens is 1. The average Bonchev–Trinajstić information content (AvgIpc) is 2.73. The van der Waals surface area contributed by atoms with Gasteiger partial charge in [-0.05, 0) is 69.5 Å². The predicted molar refractivity (Wildman–Crippen MR) is 140 cm³/mol. The maximum Gasteiger partial charge on any atom is 0.242 e. The molecular weight excluding hydrogens is 518 g/mol. The SMILES string of the molecule is Cc1cccc(N(CCCC(=O)N(Cc2cccc(Br)c2)C(C)C(=O)NC(C)C)S(C)(=O)=O)c1. The first-order valence-electron chi connectivity index (χ1n) is 11.3. The largest absolute Gasteiger partial charge is 0.352 e. The van der Waals surface area contributed by atoms with E-state index in [0.717, 1.165) is 21.9 Å². The van der Waals surface area contributed by atoms with Gasteiger partial charge in [0.2, 0.25) is 21.8 Å². The predicted octanol–water partition coefficient (Wildman–Crippen LogP) is 4.25. The molecule has 0 fully saturated rings. The lowest BCUT2D eigenvalue weighted by molar-refractivity contribution is -0.140. The molecule has 0 heterocycles. The van der Waals surface area contributed by atoms with Crippen molar-refractivity contribution in [2.24, 2.45) is 0 Å². The van der Waals surface area contributed by atoms with Crippen LogP contribution in [-0.4, -0.2) is 50.0 Å². The van der Waals surface area contributed by atoms with Crippen molar-refractivity contribution in [3.8, 4) is 0 Å². The molecule has 0 aliphatic heterocycles. The first-order valence-corrected chi connectivity index (χ1v) is 13.9. The van der Waals surface area contributed by atoms with Gasteiger partial charge in [-0.1, -0.05) is 40.2 Å². The van der Waals surface area contributed by atoms with Crippen molar-refractivity contribution < 1.29 is 18.0 Å². The molecule has 0 aromatic heterocycles. The number of anilines is 1. The highest BCUT2D eigenvalue weighted by molar-refractivity contribution is 9.10. The number of amides is 2. The van der Waals surface area contributed by atoms with E-state index in [-0.39, 0.29) is 37.4 Å². The fourth-order valence-corrected chi connectivity index (χ4v) is 5.01. The summed E-state index contributed by atoms with van der Waals surface area (Å²) in [4.78, 5) is 27.5. The van der Waals surface area contributed by atoms with Gasteiger partial charge in [-0.15, -0.1) is 0 Å². The normalized spacial score (nSPS) is 12.3. The molecule has 1 atom stereocenters. The van der Waals surface area contributed by atoms with Crippen molar-refractivity contribution in [2.75, 3.05) is 17.1 Å². The minimum atomic E-state index is -3.51. The van der Waals surface area contributed by atoms with Crippen LogP contribution in [0.25, 0.3) is 0 Å². The summed E-state index contributed by atoms with van der Waals surface area (Å²) in [6.07, 6.45) is 1.60. The Morgan fingerprint density at radius 2 is 1.74 bits per heavy atom. The number of benzene rings is 2. The summed E-state index contributed by atoms with van der Waals surface area (Å²) >= 11 is 3.45. The second-order valence-corrected chi connectivity index (χ2v) is 11.6. The minimum absolute atomic E-state index is 0.0459. The van der Waals surface area contributed by atoms with Crippen LogP contribution in [0.3, 0.4) is 0 Å². The van der Waals surface area contributed by atoms with Gasteiger partial charge in [0.1, 0.15) is 6.04 Å². The quantitative estimate of drug-likeness (QED) is 0.452. The number of nitrogens with one attached hydrogen (secondary N) is 1. The molecule has 2 aromatic rings. The molecule has 7 nitrogen and oxygen atoms in total. The fourth-order valence-electron chi connectivity index (χ4n) is 3.61. The van der Waals surface area contributed by atoms with Crippen molar-refractivity contribution in [3.63, 3.8) is 0 Å². The monoisotopic (exact) mass is 551 g/mol. The third kappa shape index (κ3) is 8.43. The lowest BCUT2D eigenvalue weighted by Gasteiger charge is -2.30. The molecule has 2 rings (SSSR count). The standard InChI is InChI=1S/C25H34BrN3O4S/c1-18(2)27-25(31)20(4)28(17-21-10-7-11-22(26)16-21)24(30)13-8-14-29(34(5,32)33)23-12-6-9-19(3)15-23/h6-7,9-12,15-16,18,20H,8,13-14,17H2,1-5H3,(H,27,31). The number of hydrogen-bond acceptors (Lipinski definition) is 4. The molecule has 186 valence electrons. The van der Waals surface area contributed by atoms with Gasteiger partial charge >= 0.3 is 0 Å². The summed E-state index contributed by atoms with van der Waals surface area (Å²) in [5.74, 6) is -0.431. The highest BCUT2D eigenvalue weighted by atomic mass is 79.9. The van der Waals surface area contributed by atoms with Gasteiger partial charge in [0.05, 0.1) is 11.9 Å². The topological polar surface area (TPSA) is 86.8 Å². The van der Waals surface area contributed by atoms with Crippen LogP contribution >= 0.6 is 15.9 Å². The number of aryl methyl sites for hydroxylation is 1. The lowest BCUT2D eigenvalue weighted by atomic mass is 10.1. The first-order chi connectivity index (χ1) is 15.9. The molecule has 0 bridgehead atoms. The maximum atomic E-state index is 13.3. The Morgan fingerprint density at radius 1 is 1.06 bits per heavy atom. The molecule has 1 unspecified atom stereocenters. The van der Waals surface area contributed by atoms with E-state index in [0.29, 0.717) is 12.1 Å². The molecule has 0 aliphatic rings. The number of rotatable bonds is 11. The number of nitrogens with zero attached hydrogens (tertiary/aromatic N) is 2. The van der Waals surface area contributed by atoms with Crippen molar-refractivity contribution in [2.45, 2.75) is 59.2 Å². The van der Waals surface area contributed by atoms with Gasteiger partial charge in [-0.2, -0.15) is 0 Å². The van der Waals surface area contributed by atoms with Gasteiger partial charge in [0.25, 0.3) is 0 Å². The molecular formula is C25H34BrN3O4S. The molecule has 2 aromatic carbocycles. The zero-order valence-corrected chi connectivity index (χ0v) is 22.8. The van der Waals surface area contributed by atoms with Crippen LogP contribution in [0.15, 0.2) is 53.0 Å². The molecule has 0 saturated heterocycles. The Balaban J connectivity index is 2.17. The van der Waals surface area contributed by atoms with Crippen molar-refractivity contribution in [1.29, 1.82) is 0 Å². The molecule has 0 spiro atoms. The summed E-state index contributed by atoms with van der Waals surface area (Å²) in [5.41, 5.74) is 2.42. The van der Waals surface area contributed by atoms with E-state index in [1.807, 2.05) is 57.2 Å². The Bertz CT molecular complexity index is 1100. The molecule has 1 N–H and O–H groups in total. The van der Waals surface area contributed by atoms with Crippen LogP contribution in [0.4, 0.5) is 5.69 Å². The van der Waals surface area contributed by atoms with E-state index in [2.05, 4.69) is 21.2 Å². The third-order valence-corrected chi connectivity index (χ3v) is 6.97. The molecule has 0 saturated carbocycles. The highest BCUT2D eigenvalue weighted by Gasteiger charge is 2.27. The third-order valence-electron chi connectivity index (χ3n) is 5.28. The maximum absolute atomic E-state index is 13.3. The van der Waals surface area contributed by atoms with E-state index in [9.17, 15) is 18.0 Å². The first kappa shape index (κ1) is 27.9. The van der Waals surface area contributed by atoms with Crippen LogP contribution in [0.1, 0.15) is 44.7 Å². The molecule has 0 radical (unpaired) electrons. The van der Waals surface area contributed by atoms with E-state index in [1.165, 1.54) is 4.31 Å². The zero-order valence-electron chi connectivity index (χ0n) is 20.4. The summed E-state index contributed by atoms with van der Waals surface area (Å²) in [6, 6.07) is 14.1. The Morgan fingerprint density at radius 3 is 2.32 bits per heavy atom. The van der Waals surface area contributed by atoms with Crippen LogP contribution in [-0.2, 0) is 26.2 Å². The Hall–Kier alpha value is -2.39. The van der Waals surface area contributed by atoms with Crippen molar-refractivity contribution in [3.05, 3.63) is 64.1 Å². The lowest BCUT2D eigenvalue weighted by Crippen LogP contribution is -2.49. The van der Waals surface area contributed by atoms with Crippen LogP contribution in [0.2, 0.25) is 0 Å². The van der Waals surface area contributed by atoms with Gasteiger partial charge < -0.3 is 10.2 Å². The van der Waals surface area contributed by atoms with Gasteiger partial charge in [0.15, 0.2) is 0 Å². The van der Waals surface area contributed by atoms with E-state index >= 15 is 0 Å². The fraction of sp³-hybridized carbons (Fsp3) is 0.440. The van der Waals surface area contributed by atoms with Crippen LogP contribution in [0.5, 0.6) is 0 Å². The summed E-state index contributed by atoms with van der Waals surface area (Å²) in [6.45, 7) is 7.80. The number of hydrogen-bond donors (Lipinski definition) is 1. The van der Waals surface area contributed by atoms with E-state index in [1.54, 1.807) is 24.0 Å². The summed E-state index contributed by atoms with van der Waals surface area (Å²) < 4.78 is 27.0. The van der Waals surface area contributed by atoms with Crippen LogP contribution < -0.4 is 9.62 Å². The van der Waals surface area contributed by atoms with Gasteiger partial charge in [-0.3, -0.25) is 13.9 Å². The molecule has 2 amide bonds. The van der Waals surface area contributed by atoms with Crippen molar-refractivity contribution in [1.82, 2.24) is 10.2 Å². The number of sulfonamides is 1. The van der Waals surface area contributed by atoms with E-state index in [4.69, 9.17) is 0 Å². The Labute approximate surface area is 211 Å². The molecule has 34 heavy (non-hydrogen) atoms. The zero-order chi connectivity index (χ0) is 25.5. The minimum Gasteiger partial charge on any atom is -0.352 e. The van der Waals surface area contributed by atoms with Crippen molar-refractivity contribution >= 4 is 43.5 Å². The van der Waals surface area contributed by atoms with Gasteiger partial charge in [-0.25, -0.2) is 8.42 Å².